The van der Waals surface area contributed by atoms with Gasteiger partial charge in [0.05, 0.1) is 12.4 Å². The van der Waals surface area contributed by atoms with Crippen LogP contribution in [0, 0.1) is 5.92 Å². The molecule has 3 fully saturated rings. The average Bonchev–Trinajstić information content (AvgIpc) is 2.41. The van der Waals surface area contributed by atoms with E-state index in [0.717, 1.165) is 19.6 Å². The van der Waals surface area contributed by atoms with Crippen molar-refractivity contribution in [3.8, 4) is 0 Å². The van der Waals surface area contributed by atoms with Crippen LogP contribution in [0.15, 0.2) is 12.4 Å². The van der Waals surface area contributed by atoms with Crippen molar-refractivity contribution in [3.05, 3.63) is 23.2 Å². The minimum absolute atomic E-state index is 0.155. The van der Waals surface area contributed by atoms with Crippen molar-refractivity contribution in [3.63, 3.8) is 0 Å². The van der Waals surface area contributed by atoms with E-state index in [4.69, 9.17) is 11.6 Å². The fourth-order valence-corrected chi connectivity index (χ4v) is 2.90. The Labute approximate surface area is 111 Å². The number of aromatic nitrogens is 2. The van der Waals surface area contributed by atoms with Crippen LogP contribution in [0.3, 0.4) is 0 Å². The van der Waals surface area contributed by atoms with Gasteiger partial charge in [0.1, 0.15) is 10.8 Å². The molecule has 0 spiro atoms. The van der Waals surface area contributed by atoms with E-state index in [2.05, 4.69) is 20.2 Å². The summed E-state index contributed by atoms with van der Waals surface area (Å²) in [5.74, 6) is 0.456. The number of nitrogens with one attached hydrogen (secondary N) is 1. The normalized spacial score (nSPS) is 30.2. The Morgan fingerprint density at radius 3 is 2.67 bits per heavy atom. The number of carbonyl (C=O) groups is 1. The van der Waals surface area contributed by atoms with Crippen molar-refractivity contribution >= 4 is 17.5 Å². The van der Waals surface area contributed by atoms with Gasteiger partial charge in [-0.1, -0.05) is 11.6 Å². The number of amides is 1. The van der Waals surface area contributed by atoms with E-state index >= 15 is 0 Å². The number of halogens is 1. The zero-order valence-corrected chi connectivity index (χ0v) is 10.7. The molecule has 1 unspecified atom stereocenters. The predicted molar refractivity (Wildman–Crippen MR) is 67.5 cm³/mol. The smallest absolute Gasteiger partial charge is 0.271 e. The molecule has 1 atom stereocenters. The Bertz CT molecular complexity index is 442. The van der Waals surface area contributed by atoms with Crippen LogP contribution in [0.1, 0.15) is 23.3 Å². The van der Waals surface area contributed by atoms with Crippen LogP contribution in [0.5, 0.6) is 0 Å². The van der Waals surface area contributed by atoms with E-state index in [-0.39, 0.29) is 11.9 Å². The summed E-state index contributed by atoms with van der Waals surface area (Å²) in [6, 6.07) is 0.248. The lowest BCUT2D eigenvalue weighted by Crippen LogP contribution is -2.57. The Hall–Kier alpha value is -1.20. The first-order chi connectivity index (χ1) is 8.72. The summed E-state index contributed by atoms with van der Waals surface area (Å²) in [6.45, 7) is 3.28. The third-order valence-corrected chi connectivity index (χ3v) is 4.02. The van der Waals surface area contributed by atoms with E-state index in [1.807, 2.05) is 0 Å². The minimum atomic E-state index is -0.155. The summed E-state index contributed by atoms with van der Waals surface area (Å²) in [5.41, 5.74) is 0.329. The molecule has 96 valence electrons. The van der Waals surface area contributed by atoms with Gasteiger partial charge in [-0.25, -0.2) is 9.97 Å². The first-order valence-corrected chi connectivity index (χ1v) is 6.61. The standard InChI is InChI=1S/C12H15ClN4O/c13-11-6-14-9(5-15-11)12(18)16-10-7-17-3-1-8(10)2-4-17/h5-6,8,10H,1-4,7H2,(H,16,18). The van der Waals surface area contributed by atoms with Crippen LogP contribution >= 0.6 is 11.6 Å². The highest BCUT2D eigenvalue weighted by molar-refractivity contribution is 6.29. The van der Waals surface area contributed by atoms with Gasteiger partial charge in [0.25, 0.3) is 5.91 Å². The quantitative estimate of drug-likeness (QED) is 0.866. The van der Waals surface area contributed by atoms with E-state index in [1.165, 1.54) is 25.2 Å². The van der Waals surface area contributed by atoms with Gasteiger partial charge in [-0.15, -0.1) is 0 Å². The lowest BCUT2D eigenvalue weighted by Gasteiger charge is -2.44. The van der Waals surface area contributed by atoms with Gasteiger partial charge in [-0.2, -0.15) is 0 Å². The average molecular weight is 267 g/mol. The third-order valence-electron chi connectivity index (χ3n) is 3.83. The summed E-state index contributed by atoms with van der Waals surface area (Å²) >= 11 is 5.65. The molecule has 6 heteroatoms. The molecule has 2 bridgehead atoms. The first-order valence-electron chi connectivity index (χ1n) is 6.23. The zero-order chi connectivity index (χ0) is 12.5. The lowest BCUT2D eigenvalue weighted by atomic mass is 9.84. The van der Waals surface area contributed by atoms with Gasteiger partial charge < -0.3 is 10.2 Å². The lowest BCUT2D eigenvalue weighted by molar-refractivity contribution is 0.0617. The molecule has 1 N–H and O–H groups in total. The number of rotatable bonds is 2. The Balaban J connectivity index is 1.66. The number of piperidine rings is 3. The van der Waals surface area contributed by atoms with Crippen LogP contribution in [0.25, 0.3) is 0 Å². The molecule has 1 amide bonds. The molecule has 3 aliphatic heterocycles. The van der Waals surface area contributed by atoms with Crippen molar-refractivity contribution < 1.29 is 4.79 Å². The van der Waals surface area contributed by atoms with Gasteiger partial charge in [-0.3, -0.25) is 4.79 Å². The van der Waals surface area contributed by atoms with Gasteiger partial charge in [-0.05, 0) is 31.8 Å². The highest BCUT2D eigenvalue weighted by Gasteiger charge is 2.35. The summed E-state index contributed by atoms with van der Waals surface area (Å²) in [7, 11) is 0. The highest BCUT2D eigenvalue weighted by atomic mass is 35.5. The molecular formula is C12H15ClN4O. The van der Waals surface area contributed by atoms with Crippen molar-refractivity contribution in [2.75, 3.05) is 19.6 Å². The maximum absolute atomic E-state index is 12.0. The Kier molecular flexibility index (Phi) is 3.18. The number of hydrogen-bond acceptors (Lipinski definition) is 4. The molecule has 3 saturated heterocycles. The molecule has 5 nitrogen and oxygen atoms in total. The second kappa shape index (κ2) is 4.82. The SMILES string of the molecule is O=C(NC1CN2CCC1CC2)c1cnc(Cl)cn1. The van der Waals surface area contributed by atoms with Crippen molar-refractivity contribution in [1.82, 2.24) is 20.2 Å². The second-order valence-electron chi connectivity index (χ2n) is 4.94. The van der Waals surface area contributed by atoms with Crippen LogP contribution < -0.4 is 5.32 Å². The summed E-state index contributed by atoms with van der Waals surface area (Å²) in [5, 5.41) is 3.36. The van der Waals surface area contributed by atoms with E-state index in [9.17, 15) is 4.79 Å². The summed E-state index contributed by atoms with van der Waals surface area (Å²) in [6.07, 6.45) is 5.17. The topological polar surface area (TPSA) is 58.1 Å². The van der Waals surface area contributed by atoms with E-state index < -0.39 is 0 Å². The number of nitrogens with zero attached hydrogens (tertiary/aromatic N) is 3. The van der Waals surface area contributed by atoms with Crippen molar-refractivity contribution in [2.24, 2.45) is 5.92 Å². The fourth-order valence-electron chi connectivity index (χ4n) is 2.80. The zero-order valence-electron chi connectivity index (χ0n) is 9.97. The van der Waals surface area contributed by atoms with Gasteiger partial charge in [0.2, 0.25) is 0 Å². The molecule has 1 aromatic rings. The maximum atomic E-state index is 12.0. The molecule has 4 rings (SSSR count). The van der Waals surface area contributed by atoms with Crippen LogP contribution in [-0.4, -0.2) is 46.5 Å². The third kappa shape index (κ3) is 2.33. The van der Waals surface area contributed by atoms with Gasteiger partial charge in [0, 0.05) is 12.6 Å². The molecule has 0 aliphatic carbocycles. The van der Waals surface area contributed by atoms with Crippen LogP contribution in [0.4, 0.5) is 0 Å². The van der Waals surface area contributed by atoms with Gasteiger partial charge in [0.15, 0.2) is 0 Å². The fraction of sp³-hybridized carbons (Fsp3) is 0.583. The highest BCUT2D eigenvalue weighted by Crippen LogP contribution is 2.27. The van der Waals surface area contributed by atoms with Crippen molar-refractivity contribution in [2.45, 2.75) is 18.9 Å². The molecule has 0 aromatic carbocycles. The molecule has 3 aliphatic rings. The summed E-state index contributed by atoms with van der Waals surface area (Å²) < 4.78 is 0. The molecular weight excluding hydrogens is 252 g/mol. The second-order valence-corrected chi connectivity index (χ2v) is 5.33. The number of hydrogen-bond donors (Lipinski definition) is 1. The van der Waals surface area contributed by atoms with Crippen LogP contribution in [-0.2, 0) is 0 Å². The molecule has 18 heavy (non-hydrogen) atoms. The number of fused-ring (bicyclic) bond motifs is 3. The van der Waals surface area contributed by atoms with E-state index in [0.29, 0.717) is 16.8 Å². The first kappa shape index (κ1) is 11.9. The Morgan fingerprint density at radius 2 is 2.11 bits per heavy atom. The predicted octanol–water partition coefficient (Wildman–Crippen LogP) is 0.954. The minimum Gasteiger partial charge on any atom is -0.346 e. The largest absolute Gasteiger partial charge is 0.346 e. The molecule has 1 aromatic heterocycles. The summed E-state index contributed by atoms with van der Waals surface area (Å²) in [4.78, 5) is 22.3. The van der Waals surface area contributed by atoms with E-state index in [1.54, 1.807) is 0 Å². The van der Waals surface area contributed by atoms with Crippen LogP contribution in [0.2, 0.25) is 5.15 Å². The maximum Gasteiger partial charge on any atom is 0.271 e. The van der Waals surface area contributed by atoms with Gasteiger partial charge >= 0.3 is 0 Å². The monoisotopic (exact) mass is 266 g/mol. The number of carbonyl (C=O) groups excluding carboxylic acids is 1. The van der Waals surface area contributed by atoms with Crippen molar-refractivity contribution in [1.29, 1.82) is 0 Å². The molecule has 0 radical (unpaired) electrons. The molecule has 0 saturated carbocycles. The Morgan fingerprint density at radius 1 is 1.33 bits per heavy atom. The molecule has 4 heterocycles.